The highest BCUT2D eigenvalue weighted by Crippen LogP contribution is 2.23. The maximum atomic E-state index is 11.7. The van der Waals surface area contributed by atoms with Crippen molar-refractivity contribution in [2.75, 3.05) is 26.3 Å². The van der Waals surface area contributed by atoms with E-state index in [-0.39, 0.29) is 11.8 Å². The van der Waals surface area contributed by atoms with Crippen LogP contribution in [0.2, 0.25) is 0 Å². The molecule has 110 valence electrons. The molecular formula is C13H17Cl2N3O2. The smallest absolute Gasteiger partial charge is 0.196 e. The van der Waals surface area contributed by atoms with Gasteiger partial charge in [-0.25, -0.2) is 0 Å². The van der Waals surface area contributed by atoms with Gasteiger partial charge in [-0.1, -0.05) is 29.3 Å². The molecule has 0 amide bonds. The second-order valence-corrected chi connectivity index (χ2v) is 5.50. The standard InChI is InChI=1S/C13H17Cl2N3O2/c1-9(19)13(18-4-6-20-7-5-18)17-16-12-3-2-10(14)8-11(12)15/h2,8,12,16H,3-7H2,1H3/b17-13+/t12-/m0/s1. The highest BCUT2D eigenvalue weighted by atomic mass is 35.5. The minimum atomic E-state index is -0.144. The lowest BCUT2D eigenvalue weighted by atomic mass is 10.1. The fourth-order valence-electron chi connectivity index (χ4n) is 2.03. The van der Waals surface area contributed by atoms with Gasteiger partial charge in [0.05, 0.1) is 19.3 Å². The first-order valence-electron chi connectivity index (χ1n) is 6.47. The van der Waals surface area contributed by atoms with E-state index < -0.39 is 0 Å². The molecule has 0 bridgehead atoms. The molecule has 1 atom stereocenters. The van der Waals surface area contributed by atoms with Crippen LogP contribution < -0.4 is 5.43 Å². The van der Waals surface area contributed by atoms with Crippen molar-refractivity contribution in [2.24, 2.45) is 5.10 Å². The van der Waals surface area contributed by atoms with E-state index in [4.69, 9.17) is 27.9 Å². The second kappa shape index (κ2) is 7.11. The van der Waals surface area contributed by atoms with Gasteiger partial charge in [-0.05, 0) is 12.5 Å². The van der Waals surface area contributed by atoms with Gasteiger partial charge < -0.3 is 9.64 Å². The Morgan fingerprint density at radius 1 is 1.45 bits per heavy atom. The van der Waals surface area contributed by atoms with E-state index in [0.29, 0.717) is 48.6 Å². The van der Waals surface area contributed by atoms with Crippen LogP contribution in [0.15, 0.2) is 27.3 Å². The number of hydrazone groups is 1. The molecule has 2 aliphatic rings. The van der Waals surface area contributed by atoms with Crippen molar-refractivity contribution in [3.63, 3.8) is 0 Å². The zero-order valence-corrected chi connectivity index (χ0v) is 12.7. The summed E-state index contributed by atoms with van der Waals surface area (Å²) in [5.41, 5.74) is 2.95. The van der Waals surface area contributed by atoms with Crippen molar-refractivity contribution in [2.45, 2.75) is 19.4 Å². The number of ketones is 1. The first kappa shape index (κ1) is 15.4. The van der Waals surface area contributed by atoms with Gasteiger partial charge in [0.25, 0.3) is 0 Å². The third kappa shape index (κ3) is 3.98. The molecule has 1 aliphatic carbocycles. The molecule has 0 aromatic carbocycles. The first-order chi connectivity index (χ1) is 9.58. The van der Waals surface area contributed by atoms with Gasteiger partial charge in [0, 0.05) is 30.1 Å². The van der Waals surface area contributed by atoms with Gasteiger partial charge in [0.1, 0.15) is 0 Å². The highest BCUT2D eigenvalue weighted by molar-refractivity contribution is 6.38. The number of morpholine rings is 1. The lowest BCUT2D eigenvalue weighted by Crippen LogP contribution is -2.45. The fraction of sp³-hybridized carbons (Fsp3) is 0.538. The fourth-order valence-corrected chi connectivity index (χ4v) is 2.55. The SMILES string of the molecule is CC(=O)/C(=N\N[C@H]1CC=C(Cl)C=C1Cl)N1CCOCC1. The molecule has 0 saturated carbocycles. The van der Waals surface area contributed by atoms with E-state index in [0.717, 1.165) is 0 Å². The Kier molecular flexibility index (Phi) is 5.46. The Bertz CT molecular complexity index is 468. The Morgan fingerprint density at radius 3 is 2.75 bits per heavy atom. The van der Waals surface area contributed by atoms with Crippen molar-refractivity contribution in [3.05, 3.63) is 22.2 Å². The number of ether oxygens (including phenoxy) is 1. The minimum Gasteiger partial charge on any atom is -0.378 e. The number of halogens is 2. The van der Waals surface area contributed by atoms with E-state index in [1.165, 1.54) is 6.92 Å². The van der Waals surface area contributed by atoms with Crippen LogP contribution in [-0.4, -0.2) is 48.9 Å². The van der Waals surface area contributed by atoms with E-state index >= 15 is 0 Å². The molecule has 1 saturated heterocycles. The minimum absolute atomic E-state index is 0.0797. The maximum Gasteiger partial charge on any atom is 0.196 e. The topological polar surface area (TPSA) is 53.9 Å². The zero-order valence-electron chi connectivity index (χ0n) is 11.2. The van der Waals surface area contributed by atoms with Gasteiger partial charge in [0.2, 0.25) is 0 Å². The van der Waals surface area contributed by atoms with E-state index in [9.17, 15) is 4.79 Å². The Morgan fingerprint density at radius 2 is 2.15 bits per heavy atom. The van der Waals surface area contributed by atoms with E-state index in [1.807, 2.05) is 11.0 Å². The van der Waals surface area contributed by atoms with E-state index in [1.54, 1.807) is 6.08 Å². The molecule has 1 aliphatic heterocycles. The summed E-state index contributed by atoms with van der Waals surface area (Å²) in [5.74, 6) is 0.335. The maximum absolute atomic E-state index is 11.7. The normalized spacial score (nSPS) is 24.1. The zero-order chi connectivity index (χ0) is 14.5. The number of Topliss-reactive ketones (excluding diaryl/α,β-unsaturated/α-hetero) is 1. The van der Waals surface area contributed by atoms with Crippen LogP contribution in [0, 0.1) is 0 Å². The van der Waals surface area contributed by atoms with Crippen LogP contribution >= 0.6 is 23.2 Å². The predicted molar refractivity (Wildman–Crippen MR) is 79.9 cm³/mol. The monoisotopic (exact) mass is 317 g/mol. The number of rotatable bonds is 3. The van der Waals surface area contributed by atoms with Gasteiger partial charge in [0.15, 0.2) is 11.6 Å². The molecule has 2 rings (SSSR count). The van der Waals surface area contributed by atoms with Crippen LogP contribution in [0.25, 0.3) is 0 Å². The van der Waals surface area contributed by atoms with Crippen LogP contribution in [0.1, 0.15) is 13.3 Å². The summed E-state index contributed by atoms with van der Waals surface area (Å²) in [6, 6.07) is -0.144. The number of amidine groups is 1. The molecular weight excluding hydrogens is 301 g/mol. The lowest BCUT2D eigenvalue weighted by molar-refractivity contribution is -0.112. The Hall–Kier alpha value is -1.04. The molecule has 7 heteroatoms. The number of nitrogens with one attached hydrogen (secondary N) is 1. The molecule has 0 unspecified atom stereocenters. The van der Waals surface area contributed by atoms with E-state index in [2.05, 4.69) is 10.5 Å². The van der Waals surface area contributed by atoms with Crippen LogP contribution in [0.5, 0.6) is 0 Å². The molecule has 5 nitrogen and oxygen atoms in total. The van der Waals surface area contributed by atoms with Crippen molar-refractivity contribution in [1.82, 2.24) is 10.3 Å². The van der Waals surface area contributed by atoms with Crippen molar-refractivity contribution < 1.29 is 9.53 Å². The molecule has 0 radical (unpaired) electrons. The van der Waals surface area contributed by atoms with Gasteiger partial charge in [-0.2, -0.15) is 5.10 Å². The number of hydrogen-bond acceptors (Lipinski definition) is 4. The van der Waals surface area contributed by atoms with Gasteiger partial charge in [-0.15, -0.1) is 0 Å². The molecule has 0 aromatic rings. The first-order valence-corrected chi connectivity index (χ1v) is 7.23. The number of carbonyl (C=O) groups is 1. The molecule has 1 N–H and O–H groups in total. The van der Waals surface area contributed by atoms with Crippen LogP contribution in [0.3, 0.4) is 0 Å². The van der Waals surface area contributed by atoms with Crippen molar-refractivity contribution in [1.29, 1.82) is 0 Å². The largest absolute Gasteiger partial charge is 0.378 e. The summed E-state index contributed by atoms with van der Waals surface area (Å²) in [6.07, 6.45) is 4.19. The van der Waals surface area contributed by atoms with Crippen LogP contribution in [0.4, 0.5) is 0 Å². The predicted octanol–water partition coefficient (Wildman–Crippen LogP) is 1.83. The highest BCUT2D eigenvalue weighted by Gasteiger charge is 2.20. The molecule has 1 fully saturated rings. The summed E-state index contributed by atoms with van der Waals surface area (Å²) in [5, 5.41) is 5.45. The number of hydrogen-bond donors (Lipinski definition) is 1. The molecule has 20 heavy (non-hydrogen) atoms. The quantitative estimate of drug-likeness (QED) is 0.490. The third-order valence-corrected chi connectivity index (χ3v) is 3.74. The Labute approximate surface area is 128 Å². The van der Waals surface area contributed by atoms with Gasteiger partial charge >= 0.3 is 0 Å². The van der Waals surface area contributed by atoms with Gasteiger partial charge in [-0.3, -0.25) is 10.2 Å². The number of carbonyl (C=O) groups excluding carboxylic acids is 1. The third-order valence-electron chi connectivity index (χ3n) is 3.11. The second-order valence-electron chi connectivity index (χ2n) is 4.63. The summed E-state index contributed by atoms with van der Waals surface area (Å²) >= 11 is 12.0. The average Bonchev–Trinajstić information content (AvgIpc) is 2.42. The summed E-state index contributed by atoms with van der Waals surface area (Å²) < 4.78 is 5.27. The Balaban J connectivity index is 2.03. The lowest BCUT2D eigenvalue weighted by Gasteiger charge is -2.29. The molecule has 0 spiro atoms. The average molecular weight is 318 g/mol. The molecule has 1 heterocycles. The summed E-state index contributed by atoms with van der Waals surface area (Å²) in [4.78, 5) is 13.6. The van der Waals surface area contributed by atoms with Crippen LogP contribution in [-0.2, 0) is 9.53 Å². The number of nitrogens with zero attached hydrogens (tertiary/aromatic N) is 2. The summed E-state index contributed by atoms with van der Waals surface area (Å²) in [7, 11) is 0. The summed E-state index contributed by atoms with van der Waals surface area (Å²) in [6.45, 7) is 4.05. The molecule has 0 aromatic heterocycles. The van der Waals surface area contributed by atoms with Crippen molar-refractivity contribution >= 4 is 34.8 Å². The van der Waals surface area contributed by atoms with Crippen molar-refractivity contribution in [3.8, 4) is 0 Å². The number of allylic oxidation sites excluding steroid dienone is 2.